The molecular formula is C21H27N3O3. The lowest BCUT2D eigenvalue weighted by atomic mass is 10.1. The summed E-state index contributed by atoms with van der Waals surface area (Å²) >= 11 is 0. The van der Waals surface area contributed by atoms with E-state index in [-0.39, 0.29) is 12.0 Å². The van der Waals surface area contributed by atoms with Crippen molar-refractivity contribution in [3.05, 3.63) is 53.7 Å². The van der Waals surface area contributed by atoms with Crippen molar-refractivity contribution in [2.75, 3.05) is 31.6 Å². The number of nitrogens with one attached hydrogen (secondary N) is 1. The molecule has 2 heterocycles. The third-order valence-corrected chi connectivity index (χ3v) is 4.82. The Labute approximate surface area is 160 Å². The second-order valence-corrected chi connectivity index (χ2v) is 6.85. The van der Waals surface area contributed by atoms with Crippen molar-refractivity contribution in [1.29, 1.82) is 0 Å². The zero-order chi connectivity index (χ0) is 19.1. The standard InChI is InChI=1S/C21H27N3O3/c1-27-19-9-6-16(7-10-19)4-2-12-22-21(26)17-8-11-20(23-14-17)24-13-3-5-18(25)15-24/h6-11,14,18,25H,2-5,12-13,15H2,1H3,(H,22,26)/t18-/m1/s1. The maximum Gasteiger partial charge on any atom is 0.252 e. The van der Waals surface area contributed by atoms with E-state index in [1.54, 1.807) is 19.4 Å². The number of piperidine rings is 1. The molecule has 27 heavy (non-hydrogen) atoms. The molecule has 2 N–H and O–H groups in total. The van der Waals surface area contributed by atoms with Crippen LogP contribution in [0.15, 0.2) is 42.6 Å². The lowest BCUT2D eigenvalue weighted by Gasteiger charge is -2.30. The Kier molecular flexibility index (Phi) is 6.65. The van der Waals surface area contributed by atoms with Gasteiger partial charge in [-0.25, -0.2) is 4.98 Å². The van der Waals surface area contributed by atoms with Crippen molar-refractivity contribution < 1.29 is 14.6 Å². The van der Waals surface area contributed by atoms with Crippen LogP contribution in [0.4, 0.5) is 5.82 Å². The molecule has 0 bridgehead atoms. The number of carbonyl (C=O) groups is 1. The third-order valence-electron chi connectivity index (χ3n) is 4.82. The number of aromatic nitrogens is 1. The number of benzene rings is 1. The topological polar surface area (TPSA) is 74.7 Å². The van der Waals surface area contributed by atoms with Gasteiger partial charge in [0.05, 0.1) is 18.8 Å². The number of nitrogens with zero attached hydrogens (tertiary/aromatic N) is 2. The summed E-state index contributed by atoms with van der Waals surface area (Å²) in [5.74, 6) is 1.55. The molecule has 6 nitrogen and oxygen atoms in total. The van der Waals surface area contributed by atoms with E-state index in [0.29, 0.717) is 18.7 Å². The monoisotopic (exact) mass is 369 g/mol. The van der Waals surface area contributed by atoms with Crippen LogP contribution in [0.3, 0.4) is 0 Å². The third kappa shape index (κ3) is 5.44. The van der Waals surface area contributed by atoms with E-state index in [9.17, 15) is 9.90 Å². The molecule has 1 amide bonds. The van der Waals surface area contributed by atoms with Crippen LogP contribution in [-0.2, 0) is 6.42 Å². The number of hydrogen-bond donors (Lipinski definition) is 2. The van der Waals surface area contributed by atoms with Gasteiger partial charge in [0.15, 0.2) is 0 Å². The van der Waals surface area contributed by atoms with Gasteiger partial charge in [0, 0.05) is 25.8 Å². The molecule has 1 aliphatic heterocycles. The predicted octanol–water partition coefficient (Wildman–Crippen LogP) is 2.41. The summed E-state index contributed by atoms with van der Waals surface area (Å²) in [6, 6.07) is 11.6. The van der Waals surface area contributed by atoms with E-state index >= 15 is 0 Å². The number of aliphatic hydroxyl groups excluding tert-OH is 1. The minimum Gasteiger partial charge on any atom is -0.497 e. The van der Waals surface area contributed by atoms with Gasteiger partial charge in [0.1, 0.15) is 11.6 Å². The van der Waals surface area contributed by atoms with Crippen molar-refractivity contribution in [3.8, 4) is 5.75 Å². The molecule has 1 aromatic carbocycles. The molecule has 0 radical (unpaired) electrons. The maximum atomic E-state index is 12.3. The summed E-state index contributed by atoms with van der Waals surface area (Å²) in [6.45, 7) is 2.11. The molecular weight excluding hydrogens is 342 g/mol. The summed E-state index contributed by atoms with van der Waals surface area (Å²) in [4.78, 5) is 18.7. The number of pyridine rings is 1. The molecule has 1 aromatic heterocycles. The first-order chi connectivity index (χ1) is 13.2. The van der Waals surface area contributed by atoms with Gasteiger partial charge in [-0.2, -0.15) is 0 Å². The van der Waals surface area contributed by atoms with E-state index < -0.39 is 0 Å². The highest BCUT2D eigenvalue weighted by Crippen LogP contribution is 2.18. The summed E-state index contributed by atoms with van der Waals surface area (Å²) in [7, 11) is 1.65. The van der Waals surface area contributed by atoms with E-state index in [0.717, 1.165) is 43.8 Å². The number of carbonyl (C=O) groups excluding carboxylic acids is 1. The van der Waals surface area contributed by atoms with Crippen LogP contribution in [0.5, 0.6) is 5.75 Å². The molecule has 2 aromatic rings. The Morgan fingerprint density at radius 3 is 2.78 bits per heavy atom. The molecule has 1 saturated heterocycles. The lowest BCUT2D eigenvalue weighted by Crippen LogP contribution is -2.38. The van der Waals surface area contributed by atoms with Gasteiger partial charge in [-0.3, -0.25) is 4.79 Å². The minimum atomic E-state index is -0.297. The fraction of sp³-hybridized carbons (Fsp3) is 0.429. The van der Waals surface area contributed by atoms with Gasteiger partial charge in [0.25, 0.3) is 5.91 Å². The average molecular weight is 369 g/mol. The fourth-order valence-corrected chi connectivity index (χ4v) is 3.26. The van der Waals surface area contributed by atoms with E-state index in [4.69, 9.17) is 4.74 Å². The summed E-state index contributed by atoms with van der Waals surface area (Å²) in [6.07, 6.45) is 4.88. The number of aryl methyl sites for hydroxylation is 1. The van der Waals surface area contributed by atoms with Gasteiger partial charge >= 0.3 is 0 Å². The highest BCUT2D eigenvalue weighted by molar-refractivity contribution is 5.94. The number of aliphatic hydroxyl groups is 1. The SMILES string of the molecule is COc1ccc(CCCNC(=O)c2ccc(N3CCC[C@@H](O)C3)nc2)cc1. The van der Waals surface area contributed by atoms with Crippen LogP contribution in [0.25, 0.3) is 0 Å². The summed E-state index contributed by atoms with van der Waals surface area (Å²) < 4.78 is 5.15. The van der Waals surface area contributed by atoms with Gasteiger partial charge in [0.2, 0.25) is 0 Å². The Morgan fingerprint density at radius 1 is 1.30 bits per heavy atom. The number of anilines is 1. The first-order valence-electron chi connectivity index (χ1n) is 9.46. The Hall–Kier alpha value is -2.60. The number of β-amino-alcohol motifs (C(OH)–C–C–N with tert-alkyl or cyclic N) is 1. The average Bonchev–Trinajstić information content (AvgIpc) is 2.71. The molecule has 3 rings (SSSR count). The molecule has 6 heteroatoms. The van der Waals surface area contributed by atoms with Crippen LogP contribution in [-0.4, -0.2) is 48.8 Å². The van der Waals surface area contributed by atoms with Gasteiger partial charge < -0.3 is 20.1 Å². The van der Waals surface area contributed by atoms with Crippen LogP contribution in [0.1, 0.15) is 35.2 Å². The molecule has 0 unspecified atom stereocenters. The highest BCUT2D eigenvalue weighted by Gasteiger charge is 2.19. The van der Waals surface area contributed by atoms with E-state index in [2.05, 4.69) is 15.2 Å². The van der Waals surface area contributed by atoms with Gasteiger partial charge in [-0.1, -0.05) is 12.1 Å². The van der Waals surface area contributed by atoms with Crippen molar-refractivity contribution in [2.24, 2.45) is 0 Å². The number of methoxy groups -OCH3 is 1. The number of rotatable bonds is 7. The maximum absolute atomic E-state index is 12.3. The Balaban J connectivity index is 1.43. The predicted molar refractivity (Wildman–Crippen MR) is 105 cm³/mol. The molecule has 1 aliphatic rings. The van der Waals surface area contributed by atoms with Crippen molar-refractivity contribution >= 4 is 11.7 Å². The first kappa shape index (κ1) is 19.2. The second kappa shape index (κ2) is 9.37. The molecule has 0 aliphatic carbocycles. The van der Waals surface area contributed by atoms with Gasteiger partial charge in [-0.05, 0) is 55.5 Å². The fourth-order valence-electron chi connectivity index (χ4n) is 3.26. The summed E-state index contributed by atoms with van der Waals surface area (Å²) in [5, 5.41) is 12.7. The van der Waals surface area contributed by atoms with Crippen LogP contribution < -0.4 is 15.0 Å². The molecule has 144 valence electrons. The van der Waals surface area contributed by atoms with E-state index in [1.807, 2.05) is 30.3 Å². The minimum absolute atomic E-state index is 0.109. The Bertz CT molecular complexity index is 731. The zero-order valence-corrected chi connectivity index (χ0v) is 15.7. The second-order valence-electron chi connectivity index (χ2n) is 6.85. The normalized spacial score (nSPS) is 16.8. The van der Waals surface area contributed by atoms with Crippen molar-refractivity contribution in [3.63, 3.8) is 0 Å². The zero-order valence-electron chi connectivity index (χ0n) is 15.7. The van der Waals surface area contributed by atoms with Crippen LogP contribution in [0, 0.1) is 0 Å². The van der Waals surface area contributed by atoms with Crippen LogP contribution in [0.2, 0.25) is 0 Å². The summed E-state index contributed by atoms with van der Waals surface area (Å²) in [5.41, 5.74) is 1.78. The molecule has 0 saturated carbocycles. The molecule has 1 fully saturated rings. The molecule has 1 atom stereocenters. The van der Waals surface area contributed by atoms with Gasteiger partial charge in [-0.15, -0.1) is 0 Å². The smallest absolute Gasteiger partial charge is 0.252 e. The molecule has 0 spiro atoms. The first-order valence-corrected chi connectivity index (χ1v) is 9.46. The highest BCUT2D eigenvalue weighted by atomic mass is 16.5. The number of hydrogen-bond acceptors (Lipinski definition) is 5. The van der Waals surface area contributed by atoms with Crippen molar-refractivity contribution in [2.45, 2.75) is 31.8 Å². The van der Waals surface area contributed by atoms with Crippen LogP contribution >= 0.6 is 0 Å². The largest absolute Gasteiger partial charge is 0.497 e. The number of amides is 1. The quantitative estimate of drug-likeness (QED) is 0.733. The van der Waals surface area contributed by atoms with E-state index in [1.165, 1.54) is 5.56 Å². The lowest BCUT2D eigenvalue weighted by molar-refractivity contribution is 0.0952. The number of ether oxygens (including phenoxy) is 1. The van der Waals surface area contributed by atoms with Crippen molar-refractivity contribution in [1.82, 2.24) is 10.3 Å². The Morgan fingerprint density at radius 2 is 2.11 bits per heavy atom.